The largest absolute Gasteiger partial charge is 0.487 e. The molecule has 0 radical (unpaired) electrons. The van der Waals surface area contributed by atoms with Crippen molar-refractivity contribution in [3.63, 3.8) is 0 Å². The van der Waals surface area contributed by atoms with E-state index in [0.29, 0.717) is 92.1 Å². The third-order valence-electron chi connectivity index (χ3n) is 7.98. The number of hydrogen-bond donors (Lipinski definition) is 1. The lowest BCUT2D eigenvalue weighted by Gasteiger charge is -2.19. The summed E-state index contributed by atoms with van der Waals surface area (Å²) < 4.78 is 45.9. The molecule has 48 heavy (non-hydrogen) atoms. The van der Waals surface area contributed by atoms with Crippen molar-refractivity contribution in [2.24, 2.45) is 0 Å². The van der Waals surface area contributed by atoms with Gasteiger partial charge in [-0.05, 0) is 67.8 Å². The molecule has 2 aliphatic heterocycles. The number of carbonyl (C=O) groups excluding carboxylic acids is 1. The van der Waals surface area contributed by atoms with Crippen molar-refractivity contribution in [1.82, 2.24) is 19.3 Å². The molecular weight excluding hydrogens is 645 g/mol. The highest BCUT2D eigenvalue weighted by Crippen LogP contribution is 2.38. The predicted molar refractivity (Wildman–Crippen MR) is 175 cm³/mol. The first-order chi connectivity index (χ1) is 23.5. The molecule has 14 heteroatoms. The molecule has 4 heterocycles. The molecule has 1 amide bonds. The van der Waals surface area contributed by atoms with Crippen LogP contribution >= 0.6 is 11.6 Å². The number of fused-ring (bicyclic) bond motifs is 3. The van der Waals surface area contributed by atoms with Gasteiger partial charge in [-0.3, -0.25) is 14.3 Å². The molecule has 0 fully saturated rings. The first-order valence-electron chi connectivity index (χ1n) is 15.6. The van der Waals surface area contributed by atoms with Crippen molar-refractivity contribution in [3.05, 3.63) is 93.4 Å². The van der Waals surface area contributed by atoms with Crippen LogP contribution in [0.15, 0.2) is 65.7 Å². The maximum atomic E-state index is 13.6. The van der Waals surface area contributed by atoms with Crippen LogP contribution in [0.25, 0.3) is 16.6 Å². The average molecular weight is 676 g/mol. The van der Waals surface area contributed by atoms with Gasteiger partial charge in [0.25, 0.3) is 11.5 Å². The number of nitrogens with one attached hydrogen (secondary N) is 1. The third kappa shape index (κ3) is 6.57. The van der Waals surface area contributed by atoms with Gasteiger partial charge in [0, 0.05) is 18.3 Å². The average Bonchev–Trinajstić information content (AvgIpc) is 3.38. The Balaban J connectivity index is 1.13. The Bertz CT molecular complexity index is 2030. The fourth-order valence-electron chi connectivity index (χ4n) is 5.75. The van der Waals surface area contributed by atoms with Crippen LogP contribution in [0.5, 0.6) is 23.1 Å². The van der Waals surface area contributed by atoms with E-state index in [4.69, 9.17) is 35.3 Å². The van der Waals surface area contributed by atoms with Crippen molar-refractivity contribution in [1.29, 1.82) is 0 Å². The second-order valence-corrected chi connectivity index (χ2v) is 11.5. The van der Waals surface area contributed by atoms with Crippen LogP contribution in [0.1, 0.15) is 28.9 Å². The fourth-order valence-corrected chi connectivity index (χ4v) is 5.97. The molecule has 5 aromatic rings. The molecular formula is C34H31ClFN5O7. The molecule has 0 atom stereocenters. The van der Waals surface area contributed by atoms with Crippen LogP contribution < -0.4 is 25.1 Å². The van der Waals surface area contributed by atoms with Gasteiger partial charge in [0.1, 0.15) is 36.7 Å². The van der Waals surface area contributed by atoms with E-state index in [1.165, 1.54) is 41.3 Å². The molecule has 0 unspecified atom stereocenters. The SMILES string of the molecule is O=C(Nc1ccc(Oc2ncnc3cc4c(cc23)OCCOCCOCCO4)c(Cl)c1)c1c2n(n(-c3ccc(F)cc3)c1=O)CCCC2. The predicted octanol–water partition coefficient (Wildman–Crippen LogP) is 5.56. The highest BCUT2D eigenvalue weighted by Gasteiger charge is 2.28. The van der Waals surface area contributed by atoms with Gasteiger partial charge >= 0.3 is 0 Å². The summed E-state index contributed by atoms with van der Waals surface area (Å²) in [5.41, 5.74) is 1.62. The maximum Gasteiger partial charge on any atom is 0.284 e. The monoisotopic (exact) mass is 675 g/mol. The standard InChI is InChI=1S/C34H31ClFN5O7/c35-25-17-22(39-32(42)31-27-3-1-2-10-40(27)41(34(31)43)23-7-4-21(36)5-8-23)6-9-28(25)48-33-24-18-29-30(19-26(24)37-20-38-33)47-16-14-45-12-11-44-13-15-46-29/h4-9,17-20H,1-3,10-16H2,(H,39,42). The molecule has 2 aliphatic rings. The molecule has 0 bridgehead atoms. The van der Waals surface area contributed by atoms with Crippen molar-refractivity contribution in [2.45, 2.75) is 25.8 Å². The van der Waals surface area contributed by atoms with E-state index < -0.39 is 17.3 Å². The Morgan fingerprint density at radius 2 is 1.62 bits per heavy atom. The number of ether oxygens (including phenoxy) is 5. The molecule has 3 aromatic carbocycles. The van der Waals surface area contributed by atoms with Crippen LogP contribution in [0.2, 0.25) is 5.02 Å². The Morgan fingerprint density at radius 1 is 0.896 bits per heavy atom. The summed E-state index contributed by atoms with van der Waals surface area (Å²) in [6, 6.07) is 13.9. The first kappa shape index (κ1) is 31.6. The molecule has 1 N–H and O–H groups in total. The molecule has 7 rings (SSSR count). The summed E-state index contributed by atoms with van der Waals surface area (Å²) in [7, 11) is 0. The summed E-state index contributed by atoms with van der Waals surface area (Å²) in [5, 5.41) is 3.57. The smallest absolute Gasteiger partial charge is 0.284 e. The van der Waals surface area contributed by atoms with E-state index in [1.807, 2.05) is 0 Å². The van der Waals surface area contributed by atoms with Crippen LogP contribution in [-0.4, -0.2) is 64.9 Å². The van der Waals surface area contributed by atoms with E-state index in [0.717, 1.165) is 12.8 Å². The van der Waals surface area contributed by atoms with E-state index >= 15 is 0 Å². The maximum absolute atomic E-state index is 13.6. The number of hydrogen-bond acceptors (Lipinski definition) is 9. The van der Waals surface area contributed by atoms with Gasteiger partial charge in [-0.15, -0.1) is 0 Å². The van der Waals surface area contributed by atoms with Crippen molar-refractivity contribution in [3.8, 4) is 28.8 Å². The minimum absolute atomic E-state index is 0.0422. The van der Waals surface area contributed by atoms with E-state index in [1.54, 1.807) is 28.9 Å². The van der Waals surface area contributed by atoms with E-state index in [9.17, 15) is 14.0 Å². The summed E-state index contributed by atoms with van der Waals surface area (Å²) in [4.78, 5) is 35.8. The van der Waals surface area contributed by atoms with Crippen LogP contribution in [0, 0.1) is 5.82 Å². The lowest BCUT2D eigenvalue weighted by molar-refractivity contribution is 0.0224. The van der Waals surface area contributed by atoms with Gasteiger partial charge in [-0.1, -0.05) is 11.6 Å². The molecule has 2 aromatic heterocycles. The van der Waals surface area contributed by atoms with Gasteiger partial charge in [0.15, 0.2) is 11.5 Å². The number of halogens is 2. The van der Waals surface area contributed by atoms with E-state index in [2.05, 4.69) is 15.3 Å². The highest BCUT2D eigenvalue weighted by atomic mass is 35.5. The summed E-state index contributed by atoms with van der Waals surface area (Å²) in [6.45, 7) is 2.92. The Kier molecular flexibility index (Phi) is 9.23. The zero-order valence-electron chi connectivity index (χ0n) is 25.7. The van der Waals surface area contributed by atoms with Gasteiger partial charge in [0.2, 0.25) is 5.88 Å². The summed E-state index contributed by atoms with van der Waals surface area (Å²) in [5.74, 6) is 0.517. The number of nitrogens with zero attached hydrogens (tertiary/aromatic N) is 4. The molecule has 248 valence electrons. The van der Waals surface area contributed by atoms with Crippen molar-refractivity contribution < 1.29 is 32.9 Å². The number of rotatable bonds is 5. The fraction of sp³-hybridized carbons (Fsp3) is 0.294. The number of amides is 1. The second kappa shape index (κ2) is 14.0. The van der Waals surface area contributed by atoms with Gasteiger partial charge in [0.05, 0.1) is 53.7 Å². The van der Waals surface area contributed by atoms with Crippen molar-refractivity contribution >= 4 is 34.1 Å². The lowest BCUT2D eigenvalue weighted by Crippen LogP contribution is -2.26. The number of anilines is 1. The Labute approximate surface area is 278 Å². The minimum atomic E-state index is -0.563. The summed E-state index contributed by atoms with van der Waals surface area (Å²) in [6.07, 6.45) is 3.63. The molecule has 0 aliphatic carbocycles. The molecule has 0 saturated heterocycles. The highest BCUT2D eigenvalue weighted by molar-refractivity contribution is 6.32. The zero-order chi connectivity index (χ0) is 33.0. The van der Waals surface area contributed by atoms with Gasteiger partial charge in [-0.25, -0.2) is 19.0 Å². The lowest BCUT2D eigenvalue weighted by atomic mass is 10.1. The molecule has 0 spiro atoms. The number of benzene rings is 3. The topological polar surface area (TPSA) is 128 Å². The Morgan fingerprint density at radius 3 is 2.38 bits per heavy atom. The number of carbonyl (C=O) groups is 1. The minimum Gasteiger partial charge on any atom is -0.487 e. The van der Waals surface area contributed by atoms with Gasteiger partial charge in [-0.2, -0.15) is 0 Å². The van der Waals surface area contributed by atoms with Gasteiger partial charge < -0.3 is 29.0 Å². The zero-order valence-corrected chi connectivity index (χ0v) is 26.5. The van der Waals surface area contributed by atoms with E-state index in [-0.39, 0.29) is 22.2 Å². The number of aromatic nitrogens is 4. The van der Waals surface area contributed by atoms with Crippen LogP contribution in [-0.2, 0) is 22.4 Å². The molecule has 12 nitrogen and oxygen atoms in total. The third-order valence-corrected chi connectivity index (χ3v) is 8.28. The quantitative estimate of drug-likeness (QED) is 0.255. The molecule has 0 saturated carbocycles. The second-order valence-electron chi connectivity index (χ2n) is 11.1. The van der Waals surface area contributed by atoms with Crippen LogP contribution in [0.4, 0.5) is 10.1 Å². The van der Waals surface area contributed by atoms with Crippen LogP contribution in [0.3, 0.4) is 0 Å². The first-order valence-corrected chi connectivity index (χ1v) is 15.9. The summed E-state index contributed by atoms with van der Waals surface area (Å²) >= 11 is 6.63. The van der Waals surface area contributed by atoms with Crippen molar-refractivity contribution in [2.75, 3.05) is 45.0 Å². The normalized spacial score (nSPS) is 15.2. The Hall–Kier alpha value is -4.98.